The Bertz CT molecular complexity index is 1230. The quantitative estimate of drug-likeness (QED) is 0.138. The van der Waals surface area contributed by atoms with E-state index >= 15 is 0 Å². The zero-order valence-electron chi connectivity index (χ0n) is 19.0. The predicted octanol–water partition coefficient (Wildman–Crippen LogP) is -0.737. The fraction of sp³-hybridized carbons (Fsp3) is 0.300. The van der Waals surface area contributed by atoms with E-state index in [-0.39, 0.29) is 34.3 Å². The van der Waals surface area contributed by atoms with E-state index in [1.54, 1.807) is 6.07 Å². The van der Waals surface area contributed by atoms with Crippen molar-refractivity contribution in [1.29, 1.82) is 0 Å². The standard InChI is InChI=1S/C20H22BN5O9S/c1-20(2,18(32)23-7-13(27)28)35-26-14(11-8-36-19(22)24-11)16(29)25-12-6-9-4-3-5-10(17(30)31)15(9)34-21(12)33/h3-5,8,12,33H,6-7H2,1-2H3,(H2,22,24)(H,23,32)(H,25,29)(H,27,28)(H,30,31)/b26-14-/t12-/m0/s1. The number of nitrogens with zero attached hydrogens (tertiary/aromatic N) is 2. The van der Waals surface area contributed by atoms with Crippen LogP contribution in [-0.2, 0) is 25.6 Å². The first-order chi connectivity index (χ1) is 16.9. The zero-order valence-corrected chi connectivity index (χ0v) is 19.9. The van der Waals surface area contributed by atoms with Gasteiger partial charge in [-0.05, 0) is 31.9 Å². The lowest BCUT2D eigenvalue weighted by Gasteiger charge is -2.29. The van der Waals surface area contributed by atoms with Gasteiger partial charge in [-0.3, -0.25) is 14.4 Å². The molecule has 0 bridgehead atoms. The summed E-state index contributed by atoms with van der Waals surface area (Å²) in [4.78, 5) is 56.8. The lowest BCUT2D eigenvalue weighted by atomic mass is 9.72. The van der Waals surface area contributed by atoms with E-state index in [4.69, 9.17) is 20.3 Å². The zero-order chi connectivity index (χ0) is 26.6. The van der Waals surface area contributed by atoms with Gasteiger partial charge in [-0.2, -0.15) is 0 Å². The van der Waals surface area contributed by atoms with Gasteiger partial charge >= 0.3 is 19.1 Å². The fourth-order valence-corrected chi connectivity index (χ4v) is 3.67. The average molecular weight is 519 g/mol. The molecule has 0 saturated heterocycles. The number of carbonyl (C=O) groups excluding carboxylic acids is 2. The molecule has 0 saturated carbocycles. The Balaban J connectivity index is 1.82. The number of thiazole rings is 1. The summed E-state index contributed by atoms with van der Waals surface area (Å²) in [6, 6.07) is 4.44. The monoisotopic (exact) mass is 519 g/mol. The number of aliphatic carboxylic acids is 1. The number of anilines is 1. The van der Waals surface area contributed by atoms with Crippen LogP contribution in [0.4, 0.5) is 5.13 Å². The van der Waals surface area contributed by atoms with Gasteiger partial charge in [0.15, 0.2) is 10.8 Å². The van der Waals surface area contributed by atoms with Gasteiger partial charge in [0.25, 0.3) is 11.8 Å². The molecule has 2 amide bonds. The number of hydrogen-bond acceptors (Lipinski definition) is 11. The molecule has 1 aliphatic heterocycles. The molecule has 0 spiro atoms. The van der Waals surface area contributed by atoms with Crippen LogP contribution in [0, 0.1) is 0 Å². The molecule has 1 aromatic carbocycles. The number of aromatic nitrogens is 1. The minimum absolute atomic E-state index is 0.00150. The number of nitrogens with two attached hydrogens (primary N) is 1. The molecule has 0 aliphatic carbocycles. The van der Waals surface area contributed by atoms with E-state index in [0.717, 1.165) is 11.3 Å². The number of carbonyl (C=O) groups is 4. The minimum atomic E-state index is -1.66. The average Bonchev–Trinajstić information content (AvgIpc) is 3.23. The van der Waals surface area contributed by atoms with Crippen molar-refractivity contribution in [2.24, 2.45) is 5.16 Å². The Morgan fingerprint density at radius 2 is 2.06 bits per heavy atom. The van der Waals surface area contributed by atoms with Gasteiger partial charge in [-0.15, -0.1) is 11.3 Å². The number of carboxylic acids is 2. The van der Waals surface area contributed by atoms with Crippen LogP contribution in [0.2, 0.25) is 0 Å². The smallest absolute Gasteiger partial charge is 0.534 e. The molecule has 3 rings (SSSR count). The van der Waals surface area contributed by atoms with Crippen LogP contribution in [0.1, 0.15) is 35.5 Å². The molecule has 1 aromatic heterocycles. The largest absolute Gasteiger partial charge is 0.547 e. The Morgan fingerprint density at radius 3 is 2.67 bits per heavy atom. The third-order valence-corrected chi connectivity index (χ3v) is 5.63. The molecule has 190 valence electrons. The lowest BCUT2D eigenvalue weighted by Crippen LogP contribution is -2.54. The third kappa shape index (κ3) is 6.08. The van der Waals surface area contributed by atoms with E-state index in [1.165, 1.54) is 31.4 Å². The van der Waals surface area contributed by atoms with Gasteiger partial charge in [-0.25, -0.2) is 9.78 Å². The van der Waals surface area contributed by atoms with Crippen molar-refractivity contribution in [3.63, 3.8) is 0 Å². The van der Waals surface area contributed by atoms with E-state index in [2.05, 4.69) is 20.8 Å². The predicted molar refractivity (Wildman–Crippen MR) is 127 cm³/mol. The molecule has 16 heteroatoms. The number of para-hydroxylation sites is 1. The molecule has 36 heavy (non-hydrogen) atoms. The molecular weight excluding hydrogens is 497 g/mol. The van der Waals surface area contributed by atoms with Gasteiger partial charge in [0.2, 0.25) is 5.60 Å². The van der Waals surface area contributed by atoms with Gasteiger partial charge in [0, 0.05) is 5.38 Å². The molecule has 0 radical (unpaired) electrons. The molecule has 7 N–H and O–H groups in total. The van der Waals surface area contributed by atoms with Gasteiger partial charge in [0.1, 0.15) is 18.0 Å². The molecule has 1 atom stereocenters. The van der Waals surface area contributed by atoms with Crippen LogP contribution in [-0.4, -0.2) is 74.9 Å². The number of rotatable bonds is 9. The van der Waals surface area contributed by atoms with Crippen molar-refractivity contribution < 1.29 is 43.9 Å². The van der Waals surface area contributed by atoms with E-state index < -0.39 is 49.0 Å². The first kappa shape index (κ1) is 26.4. The fourth-order valence-electron chi connectivity index (χ4n) is 3.12. The summed E-state index contributed by atoms with van der Waals surface area (Å²) >= 11 is 1.02. The number of nitrogen functional groups attached to an aromatic ring is 1. The third-order valence-electron chi connectivity index (χ3n) is 4.96. The molecule has 2 aromatic rings. The summed E-state index contributed by atoms with van der Waals surface area (Å²) in [5.74, 6) is -5.14. The summed E-state index contributed by atoms with van der Waals surface area (Å²) in [7, 11) is -1.58. The van der Waals surface area contributed by atoms with Crippen molar-refractivity contribution >= 4 is 53.1 Å². The van der Waals surface area contributed by atoms with Crippen LogP contribution in [0.5, 0.6) is 5.75 Å². The van der Waals surface area contributed by atoms with Crippen molar-refractivity contribution in [2.75, 3.05) is 12.3 Å². The maximum absolute atomic E-state index is 13.1. The number of fused-ring (bicyclic) bond motifs is 1. The maximum atomic E-state index is 13.1. The minimum Gasteiger partial charge on any atom is -0.534 e. The Hall–Kier alpha value is -4.18. The second-order valence-electron chi connectivity index (χ2n) is 8.08. The SMILES string of the molecule is CC(C)(O/N=C(\C(=O)N[C@H]1Cc2cccc(C(=O)O)c2OB1O)c1csc(N)n1)C(=O)NCC(=O)O. The van der Waals surface area contributed by atoms with Crippen molar-refractivity contribution in [1.82, 2.24) is 15.6 Å². The molecule has 14 nitrogen and oxygen atoms in total. The lowest BCUT2D eigenvalue weighted by molar-refractivity contribution is -0.146. The van der Waals surface area contributed by atoms with Crippen LogP contribution in [0.3, 0.4) is 0 Å². The van der Waals surface area contributed by atoms with Crippen molar-refractivity contribution in [2.45, 2.75) is 31.8 Å². The normalized spacial score (nSPS) is 15.4. The number of hydrogen-bond donors (Lipinski definition) is 6. The van der Waals surface area contributed by atoms with Gasteiger partial charge in [0.05, 0.1) is 11.5 Å². The van der Waals surface area contributed by atoms with Crippen molar-refractivity contribution in [3.05, 3.63) is 40.4 Å². The van der Waals surface area contributed by atoms with Crippen LogP contribution >= 0.6 is 11.3 Å². The Morgan fingerprint density at radius 1 is 1.33 bits per heavy atom. The summed E-state index contributed by atoms with van der Waals surface area (Å²) in [5, 5.41) is 38.5. The van der Waals surface area contributed by atoms with E-state index in [1.807, 2.05) is 0 Å². The number of oxime groups is 1. The Kier molecular flexibility index (Phi) is 7.79. The van der Waals surface area contributed by atoms with Crippen molar-refractivity contribution in [3.8, 4) is 5.75 Å². The maximum Gasteiger partial charge on any atom is 0.547 e. The van der Waals surface area contributed by atoms with Crippen LogP contribution < -0.4 is 21.0 Å². The molecule has 2 heterocycles. The van der Waals surface area contributed by atoms with E-state index in [0.29, 0.717) is 5.56 Å². The summed E-state index contributed by atoms with van der Waals surface area (Å²) in [6.07, 6.45) is 0.0415. The number of nitrogens with one attached hydrogen (secondary N) is 2. The number of amides is 2. The van der Waals surface area contributed by atoms with E-state index in [9.17, 15) is 29.3 Å². The number of benzene rings is 1. The molecule has 0 fully saturated rings. The highest BCUT2D eigenvalue weighted by atomic mass is 32.1. The highest BCUT2D eigenvalue weighted by Gasteiger charge is 2.39. The molecule has 0 unspecified atom stereocenters. The molecule has 1 aliphatic rings. The van der Waals surface area contributed by atoms with Crippen LogP contribution in [0.25, 0.3) is 0 Å². The highest BCUT2D eigenvalue weighted by Crippen LogP contribution is 2.30. The second-order valence-corrected chi connectivity index (χ2v) is 8.97. The molecular formula is C20H22BN5O9S. The summed E-state index contributed by atoms with van der Waals surface area (Å²) < 4.78 is 5.37. The van der Waals surface area contributed by atoms with Gasteiger partial charge in [-0.1, -0.05) is 17.3 Å². The highest BCUT2D eigenvalue weighted by molar-refractivity contribution is 7.13. The first-order valence-corrected chi connectivity index (χ1v) is 11.3. The number of carboxylic acid groups (broad SMARTS) is 2. The topological polar surface area (TPSA) is 223 Å². The first-order valence-electron chi connectivity index (χ1n) is 10.4. The number of aromatic carboxylic acids is 1. The van der Waals surface area contributed by atoms with Crippen LogP contribution in [0.15, 0.2) is 28.7 Å². The Labute approximate surface area is 208 Å². The summed E-state index contributed by atoms with van der Waals surface area (Å²) in [5.41, 5.74) is 3.97. The summed E-state index contributed by atoms with van der Waals surface area (Å²) in [6.45, 7) is 1.98. The van der Waals surface area contributed by atoms with Gasteiger partial charge < -0.3 is 41.1 Å². The second kappa shape index (κ2) is 10.6.